The molecular weight excluding hydrogens is 437 g/mol. The van der Waals surface area contributed by atoms with Crippen molar-refractivity contribution in [2.45, 2.75) is 13.0 Å². The molecule has 0 aromatic heterocycles. The summed E-state index contributed by atoms with van der Waals surface area (Å²) in [4.78, 5) is 24.8. The van der Waals surface area contributed by atoms with Gasteiger partial charge in [0.1, 0.15) is 0 Å². The first-order valence-corrected chi connectivity index (χ1v) is 10.5. The second-order valence-corrected chi connectivity index (χ2v) is 8.52. The Morgan fingerprint density at radius 3 is 2.11 bits per heavy atom. The fourth-order valence-electron chi connectivity index (χ4n) is 2.14. The normalized spacial score (nSPS) is 12.3. The zero-order valence-electron chi connectivity index (χ0n) is 14.1. The van der Waals surface area contributed by atoms with Gasteiger partial charge in [-0.3, -0.25) is 9.52 Å². The fraction of sp³-hybridized carbons (Fsp3) is 0.176. The molecule has 0 radical (unpaired) electrons. The highest BCUT2D eigenvalue weighted by atomic mass is 35.5. The van der Waals surface area contributed by atoms with Gasteiger partial charge < -0.3 is 4.74 Å². The van der Waals surface area contributed by atoms with Crippen LogP contribution in [0.5, 0.6) is 0 Å². The Bertz CT molecular complexity index is 990. The predicted molar refractivity (Wildman–Crippen MR) is 106 cm³/mol. The van der Waals surface area contributed by atoms with Crippen LogP contribution in [0.2, 0.25) is 15.1 Å². The van der Waals surface area contributed by atoms with Crippen molar-refractivity contribution in [2.24, 2.45) is 0 Å². The summed E-state index contributed by atoms with van der Waals surface area (Å²) >= 11 is 17.8. The molecule has 0 heterocycles. The number of benzene rings is 2. The first-order chi connectivity index (χ1) is 12.5. The molecule has 1 unspecified atom stereocenters. The number of esters is 1. The summed E-state index contributed by atoms with van der Waals surface area (Å²) in [5.74, 6) is -1.37. The molecule has 1 atom stereocenters. The summed E-state index contributed by atoms with van der Waals surface area (Å²) < 4.78 is 29.8. The zero-order chi connectivity index (χ0) is 20.4. The number of rotatable bonds is 6. The molecule has 144 valence electrons. The van der Waals surface area contributed by atoms with Gasteiger partial charge in [-0.1, -0.05) is 34.8 Å². The Balaban J connectivity index is 2.14. The minimum absolute atomic E-state index is 0.0465. The van der Waals surface area contributed by atoms with E-state index in [1.165, 1.54) is 43.3 Å². The van der Waals surface area contributed by atoms with E-state index < -0.39 is 27.9 Å². The Kier molecular flexibility index (Phi) is 6.75. The van der Waals surface area contributed by atoms with Crippen molar-refractivity contribution in [3.05, 3.63) is 62.6 Å². The average molecular weight is 451 g/mol. The Morgan fingerprint density at radius 2 is 1.56 bits per heavy atom. The standard InChI is InChI=1S/C17H14Cl3NO5S/c1-9(26-17(23)14-12(18)7-8-13(19)15(14)20)16(22)10-3-5-11(6-4-10)21-27(2,24)25/h3-9,21H,1-2H3. The van der Waals surface area contributed by atoms with Crippen LogP contribution in [-0.2, 0) is 14.8 Å². The maximum atomic E-state index is 12.4. The van der Waals surface area contributed by atoms with E-state index >= 15 is 0 Å². The van der Waals surface area contributed by atoms with Crippen LogP contribution in [0, 0.1) is 0 Å². The van der Waals surface area contributed by atoms with Crippen molar-refractivity contribution in [3.63, 3.8) is 0 Å². The number of ketones is 1. The van der Waals surface area contributed by atoms with Gasteiger partial charge in [0, 0.05) is 11.3 Å². The van der Waals surface area contributed by atoms with Gasteiger partial charge in [-0.2, -0.15) is 0 Å². The number of nitrogens with one attached hydrogen (secondary N) is 1. The number of hydrogen-bond donors (Lipinski definition) is 1. The lowest BCUT2D eigenvalue weighted by Crippen LogP contribution is -2.24. The van der Waals surface area contributed by atoms with Gasteiger partial charge in [-0.15, -0.1) is 0 Å². The minimum Gasteiger partial charge on any atom is -0.451 e. The summed E-state index contributed by atoms with van der Waals surface area (Å²) in [6, 6.07) is 8.51. The summed E-state index contributed by atoms with van der Waals surface area (Å²) in [5, 5.41) is 0.108. The van der Waals surface area contributed by atoms with E-state index in [2.05, 4.69) is 4.72 Å². The second-order valence-electron chi connectivity index (χ2n) is 5.58. The van der Waals surface area contributed by atoms with Crippen LogP contribution in [0.3, 0.4) is 0 Å². The Labute approximate surface area is 171 Å². The zero-order valence-corrected chi connectivity index (χ0v) is 17.2. The average Bonchev–Trinajstić information content (AvgIpc) is 2.57. The van der Waals surface area contributed by atoms with E-state index in [1.54, 1.807) is 0 Å². The Morgan fingerprint density at radius 1 is 1.00 bits per heavy atom. The number of hydrogen-bond acceptors (Lipinski definition) is 5. The molecule has 2 rings (SSSR count). The van der Waals surface area contributed by atoms with E-state index in [1.807, 2.05) is 0 Å². The number of ether oxygens (including phenoxy) is 1. The van der Waals surface area contributed by atoms with Crippen LogP contribution in [0.4, 0.5) is 5.69 Å². The number of Topliss-reactive ketones (excluding diaryl/α,β-unsaturated/α-hetero) is 1. The second kappa shape index (κ2) is 8.48. The third-order valence-electron chi connectivity index (χ3n) is 3.37. The summed E-state index contributed by atoms with van der Waals surface area (Å²) in [6.45, 7) is 1.40. The van der Waals surface area contributed by atoms with Crippen LogP contribution >= 0.6 is 34.8 Å². The third kappa shape index (κ3) is 5.59. The number of anilines is 1. The molecule has 0 bridgehead atoms. The van der Waals surface area contributed by atoms with Gasteiger partial charge in [0.2, 0.25) is 15.8 Å². The quantitative estimate of drug-likeness (QED) is 0.399. The molecule has 0 saturated heterocycles. The van der Waals surface area contributed by atoms with E-state index in [9.17, 15) is 18.0 Å². The van der Waals surface area contributed by atoms with Crippen LogP contribution in [0.1, 0.15) is 27.6 Å². The van der Waals surface area contributed by atoms with Crippen molar-refractivity contribution in [2.75, 3.05) is 11.0 Å². The molecule has 0 spiro atoms. The number of carbonyl (C=O) groups excluding carboxylic acids is 2. The van der Waals surface area contributed by atoms with Gasteiger partial charge in [-0.25, -0.2) is 13.2 Å². The molecule has 1 N–H and O–H groups in total. The van der Waals surface area contributed by atoms with Crippen molar-refractivity contribution in [3.8, 4) is 0 Å². The first kappa shape index (κ1) is 21.5. The van der Waals surface area contributed by atoms with Crippen LogP contribution < -0.4 is 4.72 Å². The highest BCUT2D eigenvalue weighted by Gasteiger charge is 2.24. The fourth-order valence-corrected chi connectivity index (χ4v) is 3.39. The van der Waals surface area contributed by atoms with Gasteiger partial charge >= 0.3 is 5.97 Å². The van der Waals surface area contributed by atoms with E-state index in [0.29, 0.717) is 5.69 Å². The van der Waals surface area contributed by atoms with Crippen molar-refractivity contribution in [1.29, 1.82) is 0 Å². The molecule has 2 aromatic rings. The number of sulfonamides is 1. The predicted octanol–water partition coefficient (Wildman–Crippen LogP) is 4.45. The summed E-state index contributed by atoms with van der Waals surface area (Å²) in [6.07, 6.45) is -0.114. The lowest BCUT2D eigenvalue weighted by atomic mass is 10.1. The van der Waals surface area contributed by atoms with Crippen molar-refractivity contribution in [1.82, 2.24) is 0 Å². The van der Waals surface area contributed by atoms with E-state index in [4.69, 9.17) is 39.5 Å². The van der Waals surface area contributed by atoms with Gasteiger partial charge in [0.05, 0.1) is 26.9 Å². The molecule has 0 aliphatic rings. The lowest BCUT2D eigenvalue weighted by Gasteiger charge is -2.14. The number of carbonyl (C=O) groups is 2. The molecule has 0 aliphatic heterocycles. The molecule has 0 amide bonds. The smallest absolute Gasteiger partial charge is 0.341 e. The molecular formula is C17H14Cl3NO5S. The highest BCUT2D eigenvalue weighted by molar-refractivity contribution is 7.92. The highest BCUT2D eigenvalue weighted by Crippen LogP contribution is 2.32. The molecule has 0 aliphatic carbocycles. The van der Waals surface area contributed by atoms with Gasteiger partial charge in [0.25, 0.3) is 0 Å². The maximum absolute atomic E-state index is 12.4. The molecule has 6 nitrogen and oxygen atoms in total. The SMILES string of the molecule is CC(OC(=O)c1c(Cl)ccc(Cl)c1Cl)C(=O)c1ccc(NS(C)(=O)=O)cc1. The van der Waals surface area contributed by atoms with Crippen LogP contribution in [-0.4, -0.2) is 32.5 Å². The summed E-state index contributed by atoms with van der Waals surface area (Å²) in [5.41, 5.74) is 0.409. The Hall–Kier alpha value is -1.80. The van der Waals surface area contributed by atoms with E-state index in [0.717, 1.165) is 6.26 Å². The topological polar surface area (TPSA) is 89.5 Å². The van der Waals surface area contributed by atoms with Crippen molar-refractivity contribution < 1.29 is 22.7 Å². The van der Waals surface area contributed by atoms with E-state index in [-0.39, 0.29) is 26.2 Å². The number of halogens is 3. The molecule has 27 heavy (non-hydrogen) atoms. The van der Waals surface area contributed by atoms with Crippen molar-refractivity contribution >= 4 is 62.3 Å². The molecule has 10 heteroatoms. The lowest BCUT2D eigenvalue weighted by molar-refractivity contribution is 0.0319. The monoisotopic (exact) mass is 449 g/mol. The maximum Gasteiger partial charge on any atom is 0.341 e. The van der Waals surface area contributed by atoms with Crippen LogP contribution in [0.25, 0.3) is 0 Å². The molecule has 0 saturated carbocycles. The molecule has 2 aromatic carbocycles. The van der Waals surface area contributed by atoms with Gasteiger partial charge in [-0.05, 0) is 43.3 Å². The largest absolute Gasteiger partial charge is 0.451 e. The summed E-state index contributed by atoms with van der Waals surface area (Å²) in [7, 11) is -3.42. The minimum atomic E-state index is -3.42. The first-order valence-electron chi connectivity index (χ1n) is 7.46. The van der Waals surface area contributed by atoms with Gasteiger partial charge in [0.15, 0.2) is 6.10 Å². The third-order valence-corrected chi connectivity index (χ3v) is 5.10. The van der Waals surface area contributed by atoms with Crippen LogP contribution in [0.15, 0.2) is 36.4 Å². The molecule has 0 fully saturated rings.